The van der Waals surface area contributed by atoms with E-state index in [1.807, 2.05) is 13.0 Å². The van der Waals surface area contributed by atoms with Crippen LogP contribution in [0, 0.1) is 12.7 Å². The zero-order chi connectivity index (χ0) is 14.1. The summed E-state index contributed by atoms with van der Waals surface area (Å²) in [4.78, 5) is 0. The van der Waals surface area contributed by atoms with Crippen LogP contribution in [0.5, 0.6) is 0 Å². The summed E-state index contributed by atoms with van der Waals surface area (Å²) in [6.45, 7) is 1.90. The first-order valence-corrected chi connectivity index (χ1v) is 7.21. The van der Waals surface area contributed by atoms with Crippen molar-refractivity contribution in [1.29, 1.82) is 0 Å². The Morgan fingerprint density at radius 2 is 1.75 bits per heavy atom. The van der Waals surface area contributed by atoms with Gasteiger partial charge in [0.1, 0.15) is 11.9 Å². The third-order valence-corrected chi connectivity index (χ3v) is 4.22. The third-order valence-electron chi connectivity index (χ3n) is 4.22. The fraction of sp³-hybridized carbons (Fsp3) is 0.333. The average molecular weight is 270 g/mol. The van der Waals surface area contributed by atoms with Crippen molar-refractivity contribution in [2.24, 2.45) is 0 Å². The molecule has 1 unspecified atom stereocenters. The SMILES string of the molecule is Cc1ccc(F)cc1C(O)c1ccc2c(c1)CCCC2. The number of aliphatic hydroxyl groups excluding tert-OH is 1. The second-order valence-electron chi connectivity index (χ2n) is 5.64. The summed E-state index contributed by atoms with van der Waals surface area (Å²) in [5.41, 5.74) is 5.15. The van der Waals surface area contributed by atoms with E-state index in [-0.39, 0.29) is 5.82 Å². The molecule has 1 nitrogen and oxygen atoms in total. The first-order chi connectivity index (χ1) is 9.65. The van der Waals surface area contributed by atoms with Crippen LogP contribution in [0.4, 0.5) is 4.39 Å². The minimum absolute atomic E-state index is 0.303. The lowest BCUT2D eigenvalue weighted by molar-refractivity contribution is 0.219. The summed E-state index contributed by atoms with van der Waals surface area (Å²) in [6.07, 6.45) is 3.92. The first kappa shape index (κ1) is 13.3. The smallest absolute Gasteiger partial charge is 0.123 e. The Bertz CT molecular complexity index is 633. The normalized spacial score (nSPS) is 15.8. The summed E-state index contributed by atoms with van der Waals surface area (Å²) < 4.78 is 13.4. The van der Waals surface area contributed by atoms with Crippen LogP contribution in [0.1, 0.15) is 46.8 Å². The van der Waals surface area contributed by atoms with E-state index in [0.29, 0.717) is 5.56 Å². The summed E-state index contributed by atoms with van der Waals surface area (Å²) in [5.74, 6) is -0.303. The molecular weight excluding hydrogens is 251 g/mol. The van der Waals surface area contributed by atoms with Crippen molar-refractivity contribution in [3.63, 3.8) is 0 Å². The molecule has 2 heteroatoms. The van der Waals surface area contributed by atoms with E-state index >= 15 is 0 Å². The first-order valence-electron chi connectivity index (χ1n) is 7.21. The highest BCUT2D eigenvalue weighted by Gasteiger charge is 2.16. The number of fused-ring (bicyclic) bond motifs is 1. The van der Waals surface area contributed by atoms with Gasteiger partial charge in [0.2, 0.25) is 0 Å². The number of hydrogen-bond acceptors (Lipinski definition) is 1. The minimum atomic E-state index is -0.752. The molecule has 1 N–H and O–H groups in total. The zero-order valence-electron chi connectivity index (χ0n) is 11.7. The van der Waals surface area contributed by atoms with Crippen LogP contribution in [-0.4, -0.2) is 5.11 Å². The second kappa shape index (κ2) is 5.37. The van der Waals surface area contributed by atoms with Gasteiger partial charge in [-0.3, -0.25) is 0 Å². The van der Waals surface area contributed by atoms with E-state index in [1.54, 1.807) is 6.07 Å². The van der Waals surface area contributed by atoms with Gasteiger partial charge in [-0.2, -0.15) is 0 Å². The fourth-order valence-corrected chi connectivity index (χ4v) is 3.01. The molecule has 0 saturated heterocycles. The number of hydrogen-bond donors (Lipinski definition) is 1. The van der Waals surface area contributed by atoms with Gasteiger partial charge in [-0.05, 0) is 72.6 Å². The summed E-state index contributed by atoms with van der Waals surface area (Å²) >= 11 is 0. The molecule has 2 aromatic carbocycles. The van der Waals surface area contributed by atoms with E-state index in [2.05, 4.69) is 12.1 Å². The molecule has 0 amide bonds. The van der Waals surface area contributed by atoms with Gasteiger partial charge in [0.15, 0.2) is 0 Å². The van der Waals surface area contributed by atoms with Crippen LogP contribution < -0.4 is 0 Å². The van der Waals surface area contributed by atoms with E-state index in [0.717, 1.165) is 24.0 Å². The van der Waals surface area contributed by atoms with Crippen LogP contribution in [0.2, 0.25) is 0 Å². The molecule has 3 rings (SSSR count). The van der Waals surface area contributed by atoms with Crippen molar-refractivity contribution in [2.45, 2.75) is 38.7 Å². The van der Waals surface area contributed by atoms with E-state index in [4.69, 9.17) is 0 Å². The summed E-state index contributed by atoms with van der Waals surface area (Å²) in [5, 5.41) is 10.5. The van der Waals surface area contributed by atoms with Gasteiger partial charge < -0.3 is 5.11 Å². The molecule has 0 aliphatic heterocycles. The molecule has 0 radical (unpaired) electrons. The van der Waals surface area contributed by atoms with Crippen molar-refractivity contribution in [2.75, 3.05) is 0 Å². The standard InChI is InChI=1S/C18H19FO/c1-12-6-9-16(19)11-17(12)18(20)15-8-7-13-4-2-3-5-14(13)10-15/h6-11,18,20H,2-5H2,1H3. The highest BCUT2D eigenvalue weighted by molar-refractivity contribution is 5.40. The lowest BCUT2D eigenvalue weighted by atomic mass is 9.88. The molecule has 20 heavy (non-hydrogen) atoms. The van der Waals surface area contributed by atoms with Gasteiger partial charge in [-0.1, -0.05) is 24.3 Å². The Morgan fingerprint density at radius 1 is 1.00 bits per heavy atom. The van der Waals surface area contributed by atoms with Gasteiger partial charge in [0.05, 0.1) is 0 Å². The molecule has 1 atom stereocenters. The van der Waals surface area contributed by atoms with Crippen molar-refractivity contribution in [3.8, 4) is 0 Å². The Labute approximate surface area is 119 Å². The van der Waals surface area contributed by atoms with Crippen LogP contribution in [0.15, 0.2) is 36.4 Å². The minimum Gasteiger partial charge on any atom is -0.384 e. The van der Waals surface area contributed by atoms with Gasteiger partial charge in [0, 0.05) is 0 Å². The number of rotatable bonds is 2. The topological polar surface area (TPSA) is 20.2 Å². The predicted octanol–water partition coefficient (Wildman–Crippen LogP) is 4.09. The lowest BCUT2D eigenvalue weighted by Crippen LogP contribution is -2.07. The molecule has 1 aliphatic carbocycles. The average Bonchev–Trinajstić information content (AvgIpc) is 2.48. The second-order valence-corrected chi connectivity index (χ2v) is 5.64. The van der Waals surface area contributed by atoms with Gasteiger partial charge in [0.25, 0.3) is 0 Å². The van der Waals surface area contributed by atoms with Gasteiger partial charge >= 0.3 is 0 Å². The van der Waals surface area contributed by atoms with E-state index in [1.165, 1.54) is 36.1 Å². The number of halogens is 1. The largest absolute Gasteiger partial charge is 0.384 e. The molecule has 2 aromatic rings. The van der Waals surface area contributed by atoms with Crippen LogP contribution in [0.25, 0.3) is 0 Å². The summed E-state index contributed by atoms with van der Waals surface area (Å²) in [7, 11) is 0. The monoisotopic (exact) mass is 270 g/mol. The fourth-order valence-electron chi connectivity index (χ4n) is 3.01. The van der Waals surface area contributed by atoms with E-state index < -0.39 is 6.10 Å². The maximum atomic E-state index is 13.4. The molecule has 0 aromatic heterocycles. The van der Waals surface area contributed by atoms with Gasteiger partial charge in [-0.15, -0.1) is 0 Å². The highest BCUT2D eigenvalue weighted by atomic mass is 19.1. The quantitative estimate of drug-likeness (QED) is 0.871. The molecule has 1 aliphatic rings. The van der Waals surface area contributed by atoms with Crippen molar-refractivity contribution >= 4 is 0 Å². The van der Waals surface area contributed by atoms with Crippen LogP contribution in [0.3, 0.4) is 0 Å². The predicted molar refractivity (Wildman–Crippen MR) is 78.3 cm³/mol. The summed E-state index contributed by atoms with van der Waals surface area (Å²) in [6, 6.07) is 10.7. The number of benzene rings is 2. The lowest BCUT2D eigenvalue weighted by Gasteiger charge is -2.20. The maximum absolute atomic E-state index is 13.4. The Balaban J connectivity index is 1.97. The Morgan fingerprint density at radius 3 is 2.55 bits per heavy atom. The van der Waals surface area contributed by atoms with E-state index in [9.17, 15) is 9.50 Å². The molecule has 0 heterocycles. The van der Waals surface area contributed by atoms with Crippen LogP contribution >= 0.6 is 0 Å². The molecule has 104 valence electrons. The zero-order valence-corrected chi connectivity index (χ0v) is 11.7. The Kier molecular flexibility index (Phi) is 3.58. The number of aliphatic hydroxyl groups is 1. The van der Waals surface area contributed by atoms with Crippen molar-refractivity contribution < 1.29 is 9.50 Å². The maximum Gasteiger partial charge on any atom is 0.123 e. The van der Waals surface area contributed by atoms with Gasteiger partial charge in [-0.25, -0.2) is 4.39 Å². The molecule has 0 spiro atoms. The Hall–Kier alpha value is -1.67. The molecule has 0 fully saturated rings. The molecule has 0 saturated carbocycles. The third kappa shape index (κ3) is 2.48. The molecular formula is C18H19FO. The van der Waals surface area contributed by atoms with Crippen molar-refractivity contribution in [3.05, 3.63) is 70.0 Å². The highest BCUT2D eigenvalue weighted by Crippen LogP contribution is 2.29. The number of aryl methyl sites for hydroxylation is 3. The molecule has 0 bridgehead atoms. The van der Waals surface area contributed by atoms with Crippen LogP contribution in [-0.2, 0) is 12.8 Å². The van der Waals surface area contributed by atoms with Crippen molar-refractivity contribution in [1.82, 2.24) is 0 Å².